The maximum absolute atomic E-state index is 13.3. The van der Waals surface area contributed by atoms with E-state index in [1.165, 1.54) is 25.6 Å². The number of pyridine rings is 2. The van der Waals surface area contributed by atoms with Crippen LogP contribution in [-0.4, -0.2) is 83.6 Å². The zero-order chi connectivity index (χ0) is 24.1. The van der Waals surface area contributed by atoms with Gasteiger partial charge in [-0.15, -0.1) is 0 Å². The summed E-state index contributed by atoms with van der Waals surface area (Å²) in [5.41, 5.74) is 1.63. The second-order valence-electron chi connectivity index (χ2n) is 8.45. The van der Waals surface area contributed by atoms with Gasteiger partial charge < -0.3 is 24.2 Å². The molecule has 0 aromatic carbocycles. The van der Waals surface area contributed by atoms with E-state index in [1.54, 1.807) is 12.1 Å². The summed E-state index contributed by atoms with van der Waals surface area (Å²) in [4.78, 5) is 54.1. The van der Waals surface area contributed by atoms with Crippen LogP contribution >= 0.6 is 0 Å². The van der Waals surface area contributed by atoms with Crippen molar-refractivity contribution in [3.05, 3.63) is 63.8 Å². The van der Waals surface area contributed by atoms with Crippen molar-refractivity contribution in [1.82, 2.24) is 19.4 Å². The molecule has 0 radical (unpaired) electrons. The molecule has 176 valence electrons. The highest BCUT2D eigenvalue weighted by Crippen LogP contribution is 2.41. The van der Waals surface area contributed by atoms with Crippen LogP contribution in [0.15, 0.2) is 41.5 Å². The van der Waals surface area contributed by atoms with Crippen molar-refractivity contribution in [3.63, 3.8) is 0 Å². The standard InChI is InChI=1S/C22H26N4O4.CH2O2/c1-24(2)13-19-17-8-16(18-5-4-6-20(27)26(18)19)11-25(12-17)21(28)14-7-15(10-23-9-14)22(29)30-3;2-1-3/h4-7,9-10,16-17,19H,8,11-13H2,1-3H3;1H,(H,2,3)/t16-,17+,19+;/m1./s1. The Kier molecular flexibility index (Phi) is 7.59. The third-order valence-corrected chi connectivity index (χ3v) is 6.04. The summed E-state index contributed by atoms with van der Waals surface area (Å²) < 4.78 is 6.67. The molecule has 2 aliphatic heterocycles. The Labute approximate surface area is 191 Å². The van der Waals surface area contributed by atoms with Crippen LogP contribution in [-0.2, 0) is 9.53 Å². The highest BCUT2D eigenvalue weighted by Gasteiger charge is 2.42. The van der Waals surface area contributed by atoms with E-state index in [0.29, 0.717) is 18.7 Å². The van der Waals surface area contributed by atoms with Gasteiger partial charge in [-0.1, -0.05) is 6.07 Å². The molecule has 1 N–H and O–H groups in total. The van der Waals surface area contributed by atoms with Gasteiger partial charge in [-0.05, 0) is 38.6 Å². The van der Waals surface area contributed by atoms with Crippen molar-refractivity contribution < 1.29 is 24.2 Å². The first-order valence-electron chi connectivity index (χ1n) is 10.6. The van der Waals surface area contributed by atoms with Crippen molar-refractivity contribution in [1.29, 1.82) is 0 Å². The van der Waals surface area contributed by atoms with E-state index in [9.17, 15) is 14.4 Å². The third-order valence-electron chi connectivity index (χ3n) is 6.04. The van der Waals surface area contributed by atoms with Gasteiger partial charge in [0.25, 0.3) is 17.9 Å². The summed E-state index contributed by atoms with van der Waals surface area (Å²) in [7, 11) is 5.29. The number of amides is 1. The molecular weight excluding hydrogens is 428 g/mol. The van der Waals surface area contributed by atoms with E-state index < -0.39 is 5.97 Å². The number of carbonyl (C=O) groups is 3. The molecule has 2 aliphatic rings. The second kappa shape index (κ2) is 10.4. The number of hydrogen-bond acceptors (Lipinski definition) is 7. The van der Waals surface area contributed by atoms with Crippen LogP contribution in [0, 0.1) is 5.92 Å². The molecule has 4 rings (SSSR count). The Morgan fingerprint density at radius 3 is 2.61 bits per heavy atom. The van der Waals surface area contributed by atoms with Gasteiger partial charge in [-0.2, -0.15) is 0 Å². The summed E-state index contributed by atoms with van der Waals surface area (Å²) in [5.74, 6) is -0.387. The number of carboxylic acid groups (broad SMARTS) is 1. The Morgan fingerprint density at radius 2 is 1.94 bits per heavy atom. The van der Waals surface area contributed by atoms with Crippen LogP contribution in [0.5, 0.6) is 0 Å². The minimum atomic E-state index is -0.521. The fourth-order valence-electron chi connectivity index (χ4n) is 4.79. The van der Waals surface area contributed by atoms with Gasteiger partial charge in [0.05, 0.1) is 24.3 Å². The number of esters is 1. The van der Waals surface area contributed by atoms with E-state index in [-0.39, 0.29) is 41.4 Å². The van der Waals surface area contributed by atoms with E-state index in [0.717, 1.165) is 18.7 Å². The molecule has 2 bridgehead atoms. The Bertz CT molecular complexity index is 1080. The molecule has 4 heterocycles. The maximum Gasteiger partial charge on any atom is 0.339 e. The molecule has 33 heavy (non-hydrogen) atoms. The number of piperidine rings is 1. The average molecular weight is 456 g/mol. The number of aromatic nitrogens is 2. The molecule has 1 saturated heterocycles. The number of hydrogen-bond donors (Lipinski definition) is 1. The number of carbonyl (C=O) groups excluding carboxylic acids is 2. The minimum absolute atomic E-state index is 0.00933. The molecule has 0 saturated carbocycles. The van der Waals surface area contributed by atoms with Crippen molar-refractivity contribution >= 4 is 18.3 Å². The number of fused-ring (bicyclic) bond motifs is 4. The van der Waals surface area contributed by atoms with Gasteiger partial charge in [0.15, 0.2) is 0 Å². The predicted octanol–water partition coefficient (Wildman–Crippen LogP) is 1.09. The van der Waals surface area contributed by atoms with E-state index in [1.807, 2.05) is 29.6 Å². The zero-order valence-corrected chi connectivity index (χ0v) is 18.9. The first-order chi connectivity index (χ1) is 15.8. The largest absolute Gasteiger partial charge is 0.483 e. The molecule has 10 heteroatoms. The van der Waals surface area contributed by atoms with Gasteiger partial charge in [-0.25, -0.2) is 4.79 Å². The Balaban J connectivity index is 0.000000968. The topological polar surface area (TPSA) is 122 Å². The van der Waals surface area contributed by atoms with E-state index in [2.05, 4.69) is 9.88 Å². The monoisotopic (exact) mass is 456 g/mol. The highest BCUT2D eigenvalue weighted by atomic mass is 16.5. The van der Waals surface area contributed by atoms with Gasteiger partial charge in [0, 0.05) is 49.7 Å². The van der Waals surface area contributed by atoms with Crippen molar-refractivity contribution in [2.24, 2.45) is 5.92 Å². The zero-order valence-electron chi connectivity index (χ0n) is 18.9. The van der Waals surface area contributed by atoms with Crippen LogP contribution in [0.3, 0.4) is 0 Å². The maximum atomic E-state index is 13.3. The Hall–Kier alpha value is -3.53. The molecule has 2 aromatic heterocycles. The molecule has 0 aliphatic carbocycles. The Morgan fingerprint density at radius 1 is 1.24 bits per heavy atom. The smallest absolute Gasteiger partial charge is 0.339 e. The number of ether oxygens (including phenoxy) is 1. The van der Waals surface area contributed by atoms with Crippen LogP contribution in [0.1, 0.15) is 44.8 Å². The number of rotatable bonds is 4. The van der Waals surface area contributed by atoms with Crippen molar-refractivity contribution in [2.45, 2.75) is 18.4 Å². The lowest BCUT2D eigenvalue weighted by Crippen LogP contribution is -2.52. The summed E-state index contributed by atoms with van der Waals surface area (Å²) in [5, 5.41) is 6.89. The molecule has 10 nitrogen and oxygen atoms in total. The van der Waals surface area contributed by atoms with Crippen LogP contribution in [0.2, 0.25) is 0 Å². The molecule has 0 spiro atoms. The normalized spacial score (nSPS) is 20.8. The van der Waals surface area contributed by atoms with Gasteiger partial charge in [0.2, 0.25) is 0 Å². The van der Waals surface area contributed by atoms with Crippen molar-refractivity contribution in [2.75, 3.05) is 40.8 Å². The first-order valence-corrected chi connectivity index (χ1v) is 10.6. The van der Waals surface area contributed by atoms with Crippen LogP contribution in [0.4, 0.5) is 0 Å². The first kappa shape index (κ1) is 24.1. The molecule has 0 unspecified atom stereocenters. The third kappa shape index (κ3) is 5.11. The summed E-state index contributed by atoms with van der Waals surface area (Å²) >= 11 is 0. The average Bonchev–Trinajstić information content (AvgIpc) is 2.81. The number of methoxy groups -OCH3 is 1. The minimum Gasteiger partial charge on any atom is -0.483 e. The summed E-state index contributed by atoms with van der Waals surface area (Å²) in [6.45, 7) is 1.59. The van der Waals surface area contributed by atoms with Gasteiger partial charge in [-0.3, -0.25) is 19.4 Å². The lowest BCUT2D eigenvalue weighted by Gasteiger charge is -2.47. The highest BCUT2D eigenvalue weighted by molar-refractivity contribution is 5.97. The molecule has 1 amide bonds. The number of likely N-dealkylation sites (tertiary alicyclic amines) is 1. The quantitative estimate of drug-likeness (QED) is 0.536. The van der Waals surface area contributed by atoms with Gasteiger partial charge >= 0.3 is 5.97 Å². The lowest BCUT2D eigenvalue weighted by molar-refractivity contribution is -0.122. The number of nitrogens with zero attached hydrogens (tertiary/aromatic N) is 4. The molecule has 2 aromatic rings. The number of likely N-dealkylation sites (N-methyl/N-ethyl adjacent to an activating group) is 1. The van der Waals surface area contributed by atoms with Crippen molar-refractivity contribution in [3.8, 4) is 0 Å². The second-order valence-corrected chi connectivity index (χ2v) is 8.45. The lowest BCUT2D eigenvalue weighted by atomic mass is 9.78. The SMILES string of the molecule is COC(=O)c1cncc(C(=O)N2C[C@H]3C[C@@H](C2)[C@H](CN(C)C)n2c3cccc2=O)c1.O=CO. The van der Waals surface area contributed by atoms with Crippen LogP contribution in [0.25, 0.3) is 0 Å². The van der Waals surface area contributed by atoms with E-state index >= 15 is 0 Å². The summed E-state index contributed by atoms with van der Waals surface area (Å²) in [6.07, 6.45) is 3.82. The fourth-order valence-corrected chi connectivity index (χ4v) is 4.79. The molecule has 3 atom stereocenters. The fraction of sp³-hybridized carbons (Fsp3) is 0.435. The van der Waals surface area contributed by atoms with Crippen LogP contribution < -0.4 is 5.56 Å². The molecular formula is C23H28N4O6. The molecule has 1 fully saturated rings. The van der Waals surface area contributed by atoms with E-state index in [4.69, 9.17) is 14.6 Å². The summed E-state index contributed by atoms with van der Waals surface area (Å²) in [6, 6.07) is 6.95. The predicted molar refractivity (Wildman–Crippen MR) is 119 cm³/mol. The van der Waals surface area contributed by atoms with Gasteiger partial charge in [0.1, 0.15) is 0 Å².